The lowest BCUT2D eigenvalue weighted by Gasteiger charge is -2.09. The molecule has 5 heteroatoms. The fourth-order valence-electron chi connectivity index (χ4n) is 1.23. The van der Waals surface area contributed by atoms with Crippen LogP contribution in [0.3, 0.4) is 0 Å². The number of hydrogen-bond acceptors (Lipinski definition) is 5. The highest BCUT2D eigenvalue weighted by Gasteiger charge is 2.03. The minimum absolute atomic E-state index is 0.292. The molecule has 5 nitrogen and oxygen atoms in total. The molecular weight excluding hydrogens is 232 g/mol. The SMILES string of the molecule is C=C(C)C(=O)OCCCOc1ccc(N)cc1N. The lowest BCUT2D eigenvalue weighted by molar-refractivity contribution is -0.139. The number of hydrogen-bond donors (Lipinski definition) is 2. The van der Waals surface area contributed by atoms with Gasteiger partial charge < -0.3 is 20.9 Å². The third kappa shape index (κ3) is 4.37. The van der Waals surface area contributed by atoms with Crippen LogP contribution in [0.1, 0.15) is 13.3 Å². The van der Waals surface area contributed by atoms with Crippen molar-refractivity contribution in [3.63, 3.8) is 0 Å². The van der Waals surface area contributed by atoms with Crippen LogP contribution in [0.4, 0.5) is 11.4 Å². The summed E-state index contributed by atoms with van der Waals surface area (Å²) in [4.78, 5) is 11.1. The van der Waals surface area contributed by atoms with Crippen LogP contribution < -0.4 is 16.2 Å². The summed E-state index contributed by atoms with van der Waals surface area (Å²) >= 11 is 0. The fourth-order valence-corrected chi connectivity index (χ4v) is 1.23. The van der Waals surface area contributed by atoms with E-state index in [0.717, 1.165) is 0 Å². The molecule has 0 aliphatic carbocycles. The zero-order valence-electron chi connectivity index (χ0n) is 10.4. The van der Waals surface area contributed by atoms with Crippen LogP contribution >= 0.6 is 0 Å². The summed E-state index contributed by atoms with van der Waals surface area (Å²) in [5.41, 5.74) is 12.8. The molecule has 0 aliphatic rings. The van der Waals surface area contributed by atoms with Crippen molar-refractivity contribution in [1.82, 2.24) is 0 Å². The summed E-state index contributed by atoms with van der Waals surface area (Å²) in [5, 5.41) is 0. The van der Waals surface area contributed by atoms with Gasteiger partial charge >= 0.3 is 5.97 Å². The molecule has 1 aromatic carbocycles. The topological polar surface area (TPSA) is 87.6 Å². The van der Waals surface area contributed by atoms with Crippen LogP contribution in [-0.4, -0.2) is 19.2 Å². The Kier molecular flexibility index (Phi) is 5.05. The lowest BCUT2D eigenvalue weighted by atomic mass is 10.2. The highest BCUT2D eigenvalue weighted by molar-refractivity contribution is 5.86. The fraction of sp³-hybridized carbons (Fsp3) is 0.308. The average Bonchev–Trinajstić information content (AvgIpc) is 2.30. The van der Waals surface area contributed by atoms with Crippen molar-refractivity contribution in [1.29, 1.82) is 0 Å². The van der Waals surface area contributed by atoms with E-state index in [1.54, 1.807) is 25.1 Å². The monoisotopic (exact) mass is 250 g/mol. The minimum Gasteiger partial charge on any atom is -0.491 e. The molecule has 0 amide bonds. The zero-order valence-corrected chi connectivity index (χ0v) is 10.4. The predicted octanol–water partition coefficient (Wildman–Crippen LogP) is 1.74. The molecule has 0 aromatic heterocycles. The summed E-state index contributed by atoms with van der Waals surface area (Å²) in [6.45, 7) is 5.80. The molecule has 0 bridgehead atoms. The Hall–Kier alpha value is -2.17. The van der Waals surface area contributed by atoms with Crippen molar-refractivity contribution in [2.75, 3.05) is 24.7 Å². The molecule has 0 saturated carbocycles. The van der Waals surface area contributed by atoms with Gasteiger partial charge in [0.05, 0.1) is 18.9 Å². The van der Waals surface area contributed by atoms with E-state index in [-0.39, 0.29) is 5.97 Å². The number of rotatable bonds is 6. The molecule has 0 spiro atoms. The second-order valence-electron chi connectivity index (χ2n) is 3.92. The van der Waals surface area contributed by atoms with Gasteiger partial charge in [-0.1, -0.05) is 6.58 Å². The number of esters is 1. The standard InChI is InChI=1S/C13H18N2O3/c1-9(2)13(16)18-7-3-6-17-12-5-4-10(14)8-11(12)15/h4-5,8H,1,3,6-7,14-15H2,2H3. The van der Waals surface area contributed by atoms with Crippen LogP contribution in [0.15, 0.2) is 30.4 Å². The molecular formula is C13H18N2O3. The van der Waals surface area contributed by atoms with Crippen LogP contribution in [-0.2, 0) is 9.53 Å². The molecule has 1 rings (SSSR count). The van der Waals surface area contributed by atoms with Gasteiger partial charge in [0.1, 0.15) is 5.75 Å². The minimum atomic E-state index is -0.387. The summed E-state index contributed by atoms with van der Waals surface area (Å²) in [6.07, 6.45) is 0.586. The van der Waals surface area contributed by atoms with Crippen LogP contribution in [0.2, 0.25) is 0 Å². The number of nitrogen functional groups attached to an aromatic ring is 2. The van der Waals surface area contributed by atoms with E-state index >= 15 is 0 Å². The molecule has 0 fully saturated rings. The third-order valence-electron chi connectivity index (χ3n) is 2.16. The maximum atomic E-state index is 11.1. The first-order valence-corrected chi connectivity index (χ1v) is 5.61. The second kappa shape index (κ2) is 6.54. The molecule has 98 valence electrons. The lowest BCUT2D eigenvalue weighted by Crippen LogP contribution is -2.09. The highest BCUT2D eigenvalue weighted by Crippen LogP contribution is 2.23. The maximum Gasteiger partial charge on any atom is 0.333 e. The Balaban J connectivity index is 2.26. The van der Waals surface area contributed by atoms with Gasteiger partial charge in [-0.2, -0.15) is 0 Å². The van der Waals surface area contributed by atoms with Crippen molar-refractivity contribution in [2.24, 2.45) is 0 Å². The number of ether oxygens (including phenoxy) is 2. The van der Waals surface area contributed by atoms with Gasteiger partial charge in [-0.05, 0) is 25.1 Å². The maximum absolute atomic E-state index is 11.1. The second-order valence-corrected chi connectivity index (χ2v) is 3.92. The predicted molar refractivity (Wildman–Crippen MR) is 71.2 cm³/mol. The van der Waals surface area contributed by atoms with Crippen molar-refractivity contribution in [3.05, 3.63) is 30.4 Å². The number of carbonyl (C=O) groups excluding carboxylic acids is 1. The smallest absolute Gasteiger partial charge is 0.333 e. The van der Waals surface area contributed by atoms with Crippen molar-refractivity contribution >= 4 is 17.3 Å². The molecule has 0 aliphatic heterocycles. The van der Waals surface area contributed by atoms with Gasteiger partial charge in [-0.15, -0.1) is 0 Å². The molecule has 0 radical (unpaired) electrons. The third-order valence-corrected chi connectivity index (χ3v) is 2.16. The van der Waals surface area contributed by atoms with E-state index in [1.165, 1.54) is 0 Å². The normalized spacial score (nSPS) is 9.83. The number of benzene rings is 1. The van der Waals surface area contributed by atoms with Crippen LogP contribution in [0, 0.1) is 0 Å². The Labute approximate surface area is 106 Å². The first-order valence-electron chi connectivity index (χ1n) is 5.61. The quantitative estimate of drug-likeness (QED) is 0.347. The van der Waals surface area contributed by atoms with E-state index < -0.39 is 0 Å². The summed E-state index contributed by atoms with van der Waals surface area (Å²) < 4.78 is 10.4. The number of nitrogens with two attached hydrogens (primary N) is 2. The molecule has 4 N–H and O–H groups in total. The van der Waals surface area contributed by atoms with Crippen molar-refractivity contribution in [2.45, 2.75) is 13.3 Å². The number of anilines is 2. The van der Waals surface area contributed by atoms with Gasteiger partial charge in [0.15, 0.2) is 0 Å². The molecule has 0 atom stereocenters. The van der Waals surface area contributed by atoms with E-state index in [4.69, 9.17) is 20.9 Å². The van der Waals surface area contributed by atoms with E-state index in [9.17, 15) is 4.79 Å². The summed E-state index contributed by atoms with van der Waals surface area (Å²) in [5.74, 6) is 0.192. The van der Waals surface area contributed by atoms with Crippen LogP contribution in [0.5, 0.6) is 5.75 Å². The van der Waals surface area contributed by atoms with Crippen molar-refractivity contribution in [3.8, 4) is 5.75 Å². The Bertz CT molecular complexity index is 444. The Morgan fingerprint density at radius 3 is 2.67 bits per heavy atom. The van der Waals surface area contributed by atoms with Crippen LogP contribution in [0.25, 0.3) is 0 Å². The molecule has 0 heterocycles. The molecule has 0 saturated heterocycles. The van der Waals surface area contributed by atoms with E-state index in [0.29, 0.717) is 42.3 Å². The largest absolute Gasteiger partial charge is 0.491 e. The first-order chi connectivity index (χ1) is 8.50. The Morgan fingerprint density at radius 2 is 2.06 bits per heavy atom. The van der Waals surface area contributed by atoms with Gasteiger partial charge in [-0.3, -0.25) is 0 Å². The highest BCUT2D eigenvalue weighted by atomic mass is 16.5. The first kappa shape index (κ1) is 13.9. The molecule has 1 aromatic rings. The van der Waals surface area contributed by atoms with Gasteiger partial charge in [0, 0.05) is 17.7 Å². The molecule has 18 heavy (non-hydrogen) atoms. The van der Waals surface area contributed by atoms with Gasteiger partial charge in [0.2, 0.25) is 0 Å². The zero-order chi connectivity index (χ0) is 13.5. The van der Waals surface area contributed by atoms with E-state index in [1.807, 2.05) is 0 Å². The van der Waals surface area contributed by atoms with Gasteiger partial charge in [-0.25, -0.2) is 4.79 Å². The Morgan fingerprint density at radius 1 is 1.33 bits per heavy atom. The number of carbonyl (C=O) groups is 1. The van der Waals surface area contributed by atoms with E-state index in [2.05, 4.69) is 6.58 Å². The van der Waals surface area contributed by atoms with Gasteiger partial charge in [0.25, 0.3) is 0 Å². The average molecular weight is 250 g/mol. The van der Waals surface area contributed by atoms with Crippen molar-refractivity contribution < 1.29 is 14.3 Å². The summed E-state index contributed by atoms with van der Waals surface area (Å²) in [6, 6.07) is 5.06. The molecule has 0 unspecified atom stereocenters. The summed E-state index contributed by atoms with van der Waals surface area (Å²) in [7, 11) is 0.